The Balaban J connectivity index is 1.63. The smallest absolute Gasteiger partial charge is 0.321 e. The lowest BCUT2D eigenvalue weighted by Crippen LogP contribution is -2.26. The number of hydrogen-bond donors (Lipinski definition) is 0. The van der Waals surface area contributed by atoms with Crippen LogP contribution in [-0.2, 0) is 6.54 Å². The molecule has 0 amide bonds. The van der Waals surface area contributed by atoms with Crippen molar-refractivity contribution in [2.24, 2.45) is 0 Å². The summed E-state index contributed by atoms with van der Waals surface area (Å²) in [4.78, 5) is 19.5. The molecule has 7 nitrogen and oxygen atoms in total. The van der Waals surface area contributed by atoms with Crippen LogP contribution < -0.4 is 9.64 Å². The Morgan fingerprint density at radius 3 is 2.64 bits per heavy atom. The van der Waals surface area contributed by atoms with Crippen LogP contribution in [0.3, 0.4) is 0 Å². The molecule has 2 aromatic rings. The van der Waals surface area contributed by atoms with Crippen molar-refractivity contribution in [1.29, 1.82) is 0 Å². The van der Waals surface area contributed by atoms with Gasteiger partial charge in [-0.15, -0.1) is 0 Å². The van der Waals surface area contributed by atoms with Gasteiger partial charge >= 0.3 is 6.01 Å². The van der Waals surface area contributed by atoms with Crippen molar-refractivity contribution in [3.8, 4) is 6.01 Å². The predicted molar refractivity (Wildman–Crippen MR) is 83.0 cm³/mol. The van der Waals surface area contributed by atoms with Crippen molar-refractivity contribution in [2.75, 3.05) is 24.6 Å². The van der Waals surface area contributed by atoms with Crippen molar-refractivity contribution in [2.45, 2.75) is 39.2 Å². The number of aryl methyl sites for hydroxylation is 1. The van der Waals surface area contributed by atoms with E-state index >= 15 is 0 Å². The van der Waals surface area contributed by atoms with Gasteiger partial charge in [0, 0.05) is 25.5 Å². The van der Waals surface area contributed by atoms with E-state index in [1.54, 1.807) is 12.5 Å². The van der Waals surface area contributed by atoms with Crippen LogP contribution in [0.5, 0.6) is 6.01 Å². The van der Waals surface area contributed by atoms with Gasteiger partial charge in [-0.2, -0.15) is 15.0 Å². The zero-order valence-corrected chi connectivity index (χ0v) is 13.0. The molecule has 1 saturated heterocycles. The second-order valence-corrected chi connectivity index (χ2v) is 5.52. The Bertz CT molecular complexity index is 578. The molecular weight excluding hydrogens is 280 g/mol. The zero-order valence-electron chi connectivity index (χ0n) is 13.0. The maximum absolute atomic E-state index is 5.69. The van der Waals surface area contributed by atoms with Gasteiger partial charge in [-0.1, -0.05) is 12.8 Å². The van der Waals surface area contributed by atoms with E-state index in [-0.39, 0.29) is 0 Å². The van der Waals surface area contributed by atoms with Gasteiger partial charge in [-0.05, 0) is 19.8 Å². The molecule has 0 saturated carbocycles. The van der Waals surface area contributed by atoms with Crippen LogP contribution in [0.4, 0.5) is 5.95 Å². The van der Waals surface area contributed by atoms with Crippen molar-refractivity contribution < 1.29 is 4.74 Å². The lowest BCUT2D eigenvalue weighted by Gasteiger charge is -2.20. The van der Waals surface area contributed by atoms with Crippen molar-refractivity contribution >= 4 is 5.95 Å². The molecule has 0 unspecified atom stereocenters. The summed E-state index contributed by atoms with van der Waals surface area (Å²) in [5.41, 5.74) is 0. The van der Waals surface area contributed by atoms with E-state index in [9.17, 15) is 0 Å². The fraction of sp³-hybridized carbons (Fsp3) is 0.600. The highest BCUT2D eigenvalue weighted by molar-refractivity contribution is 5.30. The van der Waals surface area contributed by atoms with E-state index in [1.807, 2.05) is 17.7 Å². The molecule has 118 valence electrons. The summed E-state index contributed by atoms with van der Waals surface area (Å²) in [6.45, 7) is 5.14. The average molecular weight is 302 g/mol. The standard InChI is InChI=1S/C15H22N6O/c1-13-17-14(21-7-4-2-3-5-8-21)19-15(18-13)22-11-10-20-9-6-16-12-20/h6,9,12H,2-5,7-8,10-11H2,1H3. The SMILES string of the molecule is Cc1nc(OCCn2ccnc2)nc(N2CCCCCC2)n1. The number of nitrogens with zero attached hydrogens (tertiary/aromatic N) is 6. The van der Waals surface area contributed by atoms with Gasteiger partial charge in [0.05, 0.1) is 12.9 Å². The van der Waals surface area contributed by atoms with E-state index < -0.39 is 0 Å². The molecule has 0 N–H and O–H groups in total. The highest BCUT2D eigenvalue weighted by Crippen LogP contribution is 2.17. The number of aromatic nitrogens is 5. The number of imidazole rings is 1. The fourth-order valence-corrected chi connectivity index (χ4v) is 2.58. The van der Waals surface area contributed by atoms with Crippen LogP contribution in [0.2, 0.25) is 0 Å². The molecule has 0 bridgehead atoms. The number of hydrogen-bond acceptors (Lipinski definition) is 6. The van der Waals surface area contributed by atoms with Crippen molar-refractivity contribution in [1.82, 2.24) is 24.5 Å². The maximum atomic E-state index is 5.69. The molecule has 0 atom stereocenters. The largest absolute Gasteiger partial charge is 0.461 e. The van der Waals surface area contributed by atoms with Crippen molar-refractivity contribution in [3.63, 3.8) is 0 Å². The highest BCUT2D eigenvalue weighted by atomic mass is 16.5. The number of rotatable bonds is 5. The normalized spacial score (nSPS) is 15.6. The lowest BCUT2D eigenvalue weighted by molar-refractivity contribution is 0.274. The van der Waals surface area contributed by atoms with Gasteiger partial charge in [-0.3, -0.25) is 0 Å². The zero-order chi connectivity index (χ0) is 15.2. The topological polar surface area (TPSA) is 69.0 Å². The van der Waals surface area contributed by atoms with Crippen LogP contribution >= 0.6 is 0 Å². The fourth-order valence-electron chi connectivity index (χ4n) is 2.58. The summed E-state index contributed by atoms with van der Waals surface area (Å²) < 4.78 is 7.65. The first kappa shape index (κ1) is 14.7. The molecule has 0 aliphatic carbocycles. The molecule has 0 aromatic carbocycles. The Morgan fingerprint density at radius 2 is 1.91 bits per heavy atom. The third-order valence-corrected chi connectivity index (χ3v) is 3.74. The minimum absolute atomic E-state index is 0.409. The first-order valence-electron chi connectivity index (χ1n) is 7.87. The summed E-state index contributed by atoms with van der Waals surface area (Å²) in [5, 5.41) is 0. The van der Waals surface area contributed by atoms with Gasteiger partial charge < -0.3 is 14.2 Å². The summed E-state index contributed by atoms with van der Waals surface area (Å²) in [6.07, 6.45) is 10.4. The predicted octanol–water partition coefficient (Wildman–Crippen LogP) is 1.84. The first-order valence-corrected chi connectivity index (χ1v) is 7.87. The molecule has 0 spiro atoms. The minimum Gasteiger partial charge on any atom is -0.461 e. The third-order valence-electron chi connectivity index (χ3n) is 3.74. The van der Waals surface area contributed by atoms with E-state index in [1.165, 1.54) is 25.7 Å². The van der Waals surface area contributed by atoms with E-state index in [4.69, 9.17) is 4.74 Å². The molecule has 7 heteroatoms. The molecule has 1 fully saturated rings. The van der Waals surface area contributed by atoms with Crippen LogP contribution in [0.1, 0.15) is 31.5 Å². The third kappa shape index (κ3) is 3.93. The summed E-state index contributed by atoms with van der Waals surface area (Å²) >= 11 is 0. The summed E-state index contributed by atoms with van der Waals surface area (Å²) in [7, 11) is 0. The molecule has 0 radical (unpaired) electrons. The maximum Gasteiger partial charge on any atom is 0.321 e. The lowest BCUT2D eigenvalue weighted by atomic mass is 10.2. The second kappa shape index (κ2) is 7.20. The van der Waals surface area contributed by atoms with Gasteiger partial charge in [0.15, 0.2) is 0 Å². The van der Waals surface area contributed by atoms with Crippen LogP contribution in [0, 0.1) is 6.92 Å². The molecule has 1 aliphatic heterocycles. The molecule has 3 rings (SSSR count). The van der Waals surface area contributed by atoms with Crippen molar-refractivity contribution in [3.05, 3.63) is 24.5 Å². The average Bonchev–Trinajstić information content (AvgIpc) is 2.87. The quantitative estimate of drug-likeness (QED) is 0.839. The van der Waals surface area contributed by atoms with Gasteiger partial charge in [0.1, 0.15) is 12.4 Å². The molecule has 3 heterocycles. The minimum atomic E-state index is 0.409. The monoisotopic (exact) mass is 302 g/mol. The number of ether oxygens (including phenoxy) is 1. The van der Waals surface area contributed by atoms with Crippen LogP contribution in [0.15, 0.2) is 18.7 Å². The Hall–Kier alpha value is -2.18. The molecular formula is C15H22N6O. The second-order valence-electron chi connectivity index (χ2n) is 5.52. The molecule has 1 aliphatic rings. The van der Waals surface area contributed by atoms with Crippen LogP contribution in [-0.4, -0.2) is 44.2 Å². The van der Waals surface area contributed by atoms with Crippen LogP contribution in [0.25, 0.3) is 0 Å². The first-order chi connectivity index (χ1) is 10.8. The van der Waals surface area contributed by atoms with Gasteiger partial charge in [0.2, 0.25) is 5.95 Å². The molecule has 22 heavy (non-hydrogen) atoms. The molecule has 2 aromatic heterocycles. The van der Waals surface area contributed by atoms with Gasteiger partial charge in [0.25, 0.3) is 0 Å². The Morgan fingerprint density at radius 1 is 1.09 bits per heavy atom. The van der Waals surface area contributed by atoms with E-state index in [0.717, 1.165) is 25.6 Å². The summed E-state index contributed by atoms with van der Waals surface area (Å²) in [6, 6.07) is 0.409. The Labute approximate surface area is 130 Å². The Kier molecular flexibility index (Phi) is 4.82. The van der Waals surface area contributed by atoms with E-state index in [0.29, 0.717) is 18.4 Å². The number of anilines is 1. The summed E-state index contributed by atoms with van der Waals surface area (Å²) in [5.74, 6) is 1.44. The van der Waals surface area contributed by atoms with Gasteiger partial charge in [-0.25, -0.2) is 4.98 Å². The van der Waals surface area contributed by atoms with E-state index in [2.05, 4.69) is 24.8 Å². The highest BCUT2D eigenvalue weighted by Gasteiger charge is 2.14.